The predicted molar refractivity (Wildman–Crippen MR) is 94.0 cm³/mol. The zero-order valence-electron chi connectivity index (χ0n) is 14.7. The first-order chi connectivity index (χ1) is 13.1. The molecule has 4 aromatic rings. The first-order valence-electron chi connectivity index (χ1n) is 8.24. The van der Waals surface area contributed by atoms with Crippen LogP contribution in [0, 0.1) is 13.8 Å². The number of aryl methyl sites for hydroxylation is 1. The lowest BCUT2D eigenvalue weighted by atomic mass is 10.2. The SMILES string of the molecule is Cc1noc(-c2ccnc(-n3ncc(C(=O)NCc4ccco4)c3C)c2)n1. The van der Waals surface area contributed by atoms with Crippen molar-refractivity contribution < 1.29 is 13.7 Å². The Morgan fingerprint density at radius 1 is 1.30 bits per heavy atom. The van der Waals surface area contributed by atoms with Crippen molar-refractivity contribution >= 4 is 5.91 Å². The summed E-state index contributed by atoms with van der Waals surface area (Å²) in [6.45, 7) is 3.86. The molecule has 0 aliphatic rings. The van der Waals surface area contributed by atoms with Crippen molar-refractivity contribution in [2.75, 3.05) is 0 Å². The molecule has 0 aliphatic carbocycles. The molecule has 1 amide bonds. The van der Waals surface area contributed by atoms with Gasteiger partial charge in [-0.1, -0.05) is 5.16 Å². The molecule has 9 heteroatoms. The van der Waals surface area contributed by atoms with Gasteiger partial charge in [0.25, 0.3) is 11.8 Å². The van der Waals surface area contributed by atoms with E-state index in [0.29, 0.717) is 41.1 Å². The van der Waals surface area contributed by atoms with Gasteiger partial charge in [0, 0.05) is 11.8 Å². The molecule has 0 aliphatic heterocycles. The molecule has 0 saturated heterocycles. The fraction of sp³-hybridized carbons (Fsp3) is 0.167. The summed E-state index contributed by atoms with van der Waals surface area (Å²) in [6, 6.07) is 7.11. The second-order valence-corrected chi connectivity index (χ2v) is 5.87. The Hall–Kier alpha value is -3.75. The number of rotatable bonds is 5. The number of furan rings is 1. The Labute approximate surface area is 154 Å². The van der Waals surface area contributed by atoms with E-state index in [1.807, 2.05) is 0 Å². The molecule has 0 aromatic carbocycles. The highest BCUT2D eigenvalue weighted by Gasteiger charge is 2.17. The van der Waals surface area contributed by atoms with Gasteiger partial charge >= 0.3 is 0 Å². The Morgan fingerprint density at radius 3 is 2.93 bits per heavy atom. The van der Waals surface area contributed by atoms with Crippen LogP contribution in [0.25, 0.3) is 17.3 Å². The van der Waals surface area contributed by atoms with Gasteiger partial charge in [0.15, 0.2) is 11.6 Å². The van der Waals surface area contributed by atoms with Crippen LogP contribution < -0.4 is 5.32 Å². The number of carbonyl (C=O) groups is 1. The van der Waals surface area contributed by atoms with E-state index < -0.39 is 0 Å². The molecule has 0 unspecified atom stereocenters. The molecule has 27 heavy (non-hydrogen) atoms. The zero-order valence-corrected chi connectivity index (χ0v) is 14.7. The monoisotopic (exact) mass is 364 g/mol. The number of pyridine rings is 1. The minimum atomic E-state index is -0.237. The van der Waals surface area contributed by atoms with Gasteiger partial charge in [-0.3, -0.25) is 4.79 Å². The van der Waals surface area contributed by atoms with Gasteiger partial charge in [0.1, 0.15) is 5.76 Å². The topological polar surface area (TPSA) is 112 Å². The van der Waals surface area contributed by atoms with Crippen molar-refractivity contribution in [1.29, 1.82) is 0 Å². The molecule has 4 rings (SSSR count). The number of nitrogens with zero attached hydrogens (tertiary/aromatic N) is 5. The van der Waals surface area contributed by atoms with Crippen molar-refractivity contribution in [2.24, 2.45) is 0 Å². The zero-order chi connectivity index (χ0) is 18.8. The lowest BCUT2D eigenvalue weighted by Crippen LogP contribution is -2.23. The maximum Gasteiger partial charge on any atom is 0.258 e. The van der Waals surface area contributed by atoms with E-state index in [9.17, 15) is 4.79 Å². The van der Waals surface area contributed by atoms with Crippen LogP contribution in [-0.2, 0) is 6.54 Å². The van der Waals surface area contributed by atoms with Gasteiger partial charge in [0.05, 0.1) is 30.3 Å². The predicted octanol–water partition coefficient (Wildman–Crippen LogP) is 2.46. The van der Waals surface area contributed by atoms with Crippen molar-refractivity contribution in [3.05, 3.63) is 65.8 Å². The maximum absolute atomic E-state index is 12.4. The maximum atomic E-state index is 12.4. The first-order valence-corrected chi connectivity index (χ1v) is 8.24. The second-order valence-electron chi connectivity index (χ2n) is 5.87. The smallest absolute Gasteiger partial charge is 0.258 e. The number of hydrogen-bond acceptors (Lipinski definition) is 7. The lowest BCUT2D eigenvalue weighted by molar-refractivity contribution is 0.0947. The third-order valence-electron chi connectivity index (χ3n) is 3.99. The van der Waals surface area contributed by atoms with Gasteiger partial charge in [-0.15, -0.1) is 0 Å². The highest BCUT2D eigenvalue weighted by atomic mass is 16.5. The summed E-state index contributed by atoms with van der Waals surface area (Å²) >= 11 is 0. The number of amides is 1. The Bertz CT molecular complexity index is 1080. The summed E-state index contributed by atoms with van der Waals surface area (Å²) in [6.07, 6.45) is 4.70. The van der Waals surface area contributed by atoms with Crippen molar-refractivity contribution in [3.63, 3.8) is 0 Å². The van der Waals surface area contributed by atoms with Crippen LogP contribution in [0.5, 0.6) is 0 Å². The van der Waals surface area contributed by atoms with E-state index in [1.165, 1.54) is 6.20 Å². The van der Waals surface area contributed by atoms with E-state index in [0.717, 1.165) is 5.56 Å². The summed E-state index contributed by atoms with van der Waals surface area (Å²) in [5.41, 5.74) is 1.85. The summed E-state index contributed by atoms with van der Waals surface area (Å²) < 4.78 is 12.0. The molecular weight excluding hydrogens is 348 g/mol. The van der Waals surface area contributed by atoms with Crippen molar-refractivity contribution in [2.45, 2.75) is 20.4 Å². The molecule has 0 bridgehead atoms. The summed E-state index contributed by atoms with van der Waals surface area (Å²) in [5.74, 6) is 1.94. The number of aromatic nitrogens is 5. The van der Waals surface area contributed by atoms with Crippen LogP contribution in [0.2, 0.25) is 0 Å². The first kappa shape index (κ1) is 16.7. The highest BCUT2D eigenvalue weighted by Crippen LogP contribution is 2.20. The average Bonchev–Trinajstić information content (AvgIpc) is 3.41. The van der Waals surface area contributed by atoms with Crippen LogP contribution in [0.1, 0.15) is 27.6 Å². The summed E-state index contributed by atoms with van der Waals surface area (Å²) in [4.78, 5) is 21.0. The normalized spacial score (nSPS) is 10.9. The molecule has 0 radical (unpaired) electrons. The Balaban J connectivity index is 1.57. The summed E-state index contributed by atoms with van der Waals surface area (Å²) in [5, 5.41) is 10.9. The molecule has 136 valence electrons. The fourth-order valence-electron chi connectivity index (χ4n) is 2.62. The molecule has 0 spiro atoms. The van der Waals surface area contributed by atoms with Crippen LogP contribution in [0.15, 0.2) is 51.9 Å². The molecular formula is C18H16N6O3. The van der Waals surface area contributed by atoms with E-state index in [1.54, 1.807) is 55.3 Å². The lowest BCUT2D eigenvalue weighted by Gasteiger charge is -2.06. The summed E-state index contributed by atoms with van der Waals surface area (Å²) in [7, 11) is 0. The van der Waals surface area contributed by atoms with E-state index in [-0.39, 0.29) is 5.91 Å². The van der Waals surface area contributed by atoms with E-state index in [2.05, 4.69) is 25.5 Å². The minimum Gasteiger partial charge on any atom is -0.467 e. The minimum absolute atomic E-state index is 0.237. The second kappa shape index (κ2) is 6.87. The van der Waals surface area contributed by atoms with Crippen molar-refractivity contribution in [3.8, 4) is 17.3 Å². The van der Waals surface area contributed by atoms with Crippen LogP contribution in [0.3, 0.4) is 0 Å². The van der Waals surface area contributed by atoms with Crippen LogP contribution >= 0.6 is 0 Å². The number of carbonyl (C=O) groups excluding carboxylic acids is 1. The fourth-order valence-corrected chi connectivity index (χ4v) is 2.62. The van der Waals surface area contributed by atoms with Crippen LogP contribution in [-0.4, -0.2) is 30.8 Å². The van der Waals surface area contributed by atoms with Gasteiger partial charge in [-0.05, 0) is 38.1 Å². The molecule has 0 atom stereocenters. The largest absolute Gasteiger partial charge is 0.467 e. The van der Waals surface area contributed by atoms with E-state index >= 15 is 0 Å². The molecule has 4 aromatic heterocycles. The third kappa shape index (κ3) is 3.34. The van der Waals surface area contributed by atoms with Gasteiger partial charge in [-0.2, -0.15) is 10.1 Å². The number of hydrogen-bond donors (Lipinski definition) is 1. The highest BCUT2D eigenvalue weighted by molar-refractivity contribution is 5.95. The van der Waals surface area contributed by atoms with Crippen molar-refractivity contribution in [1.82, 2.24) is 30.2 Å². The van der Waals surface area contributed by atoms with Gasteiger partial charge in [-0.25, -0.2) is 9.67 Å². The Morgan fingerprint density at radius 2 is 2.19 bits per heavy atom. The van der Waals surface area contributed by atoms with E-state index in [4.69, 9.17) is 8.94 Å². The molecule has 0 fully saturated rings. The molecule has 9 nitrogen and oxygen atoms in total. The quantitative estimate of drug-likeness (QED) is 0.579. The average molecular weight is 364 g/mol. The molecule has 0 saturated carbocycles. The standard InChI is InChI=1S/C18H16N6O3/c1-11-15(17(25)20-9-14-4-3-7-26-14)10-21-24(11)16-8-13(5-6-19-16)18-22-12(2)23-27-18/h3-8,10H,9H2,1-2H3,(H,20,25). The number of nitrogens with one attached hydrogen (secondary N) is 1. The van der Waals surface area contributed by atoms with Gasteiger partial charge in [0.2, 0.25) is 0 Å². The molecule has 1 N–H and O–H groups in total. The van der Waals surface area contributed by atoms with Gasteiger partial charge < -0.3 is 14.3 Å². The Kier molecular flexibility index (Phi) is 4.25. The third-order valence-corrected chi connectivity index (χ3v) is 3.99. The van der Waals surface area contributed by atoms with Crippen LogP contribution in [0.4, 0.5) is 0 Å². The molecule has 4 heterocycles.